The van der Waals surface area contributed by atoms with Crippen molar-refractivity contribution in [2.24, 2.45) is 17.8 Å². The van der Waals surface area contributed by atoms with Crippen molar-refractivity contribution in [1.29, 1.82) is 0 Å². The second-order valence-electron chi connectivity index (χ2n) is 4.99. The van der Waals surface area contributed by atoms with Gasteiger partial charge < -0.3 is 4.74 Å². The van der Waals surface area contributed by atoms with E-state index in [1.807, 2.05) is 6.92 Å². The third kappa shape index (κ3) is 1.95. The average molecular weight is 208 g/mol. The molecule has 2 fully saturated rings. The highest BCUT2D eigenvalue weighted by atomic mass is 16.5. The molecule has 15 heavy (non-hydrogen) atoms. The van der Waals surface area contributed by atoms with E-state index in [9.17, 15) is 4.79 Å². The van der Waals surface area contributed by atoms with Gasteiger partial charge in [0, 0.05) is 12.8 Å². The van der Waals surface area contributed by atoms with E-state index in [1.165, 1.54) is 26.2 Å². The number of carbonyl (C=O) groups is 1. The molecule has 0 radical (unpaired) electrons. The van der Waals surface area contributed by atoms with Crippen LogP contribution < -0.4 is 0 Å². The minimum Gasteiger partial charge on any atom is -0.463 e. The highest BCUT2D eigenvalue weighted by Gasteiger charge is 2.45. The number of allylic oxidation sites excluding steroid dienone is 2. The van der Waals surface area contributed by atoms with Crippen molar-refractivity contribution in [2.75, 3.05) is 0 Å². The molecule has 4 atom stereocenters. The molecule has 2 saturated carbocycles. The van der Waals surface area contributed by atoms with Crippen molar-refractivity contribution in [2.45, 2.75) is 46.1 Å². The maximum atomic E-state index is 10.9. The van der Waals surface area contributed by atoms with Crippen molar-refractivity contribution in [1.82, 2.24) is 0 Å². The Kier molecular flexibility index (Phi) is 2.85. The van der Waals surface area contributed by atoms with E-state index >= 15 is 0 Å². The molecule has 0 aliphatic heterocycles. The van der Waals surface area contributed by atoms with Gasteiger partial charge in [0.15, 0.2) is 0 Å². The van der Waals surface area contributed by atoms with Gasteiger partial charge in [-0.2, -0.15) is 0 Å². The molecule has 2 nitrogen and oxygen atoms in total. The summed E-state index contributed by atoms with van der Waals surface area (Å²) in [4.78, 5) is 10.9. The zero-order valence-corrected chi connectivity index (χ0v) is 9.82. The monoisotopic (exact) mass is 208 g/mol. The molecular weight excluding hydrogens is 188 g/mol. The molecule has 84 valence electrons. The van der Waals surface area contributed by atoms with Crippen LogP contribution in [0.4, 0.5) is 0 Å². The number of carbonyl (C=O) groups excluding carboxylic acids is 1. The number of fused-ring (bicyclic) bond motifs is 2. The highest BCUT2D eigenvalue weighted by molar-refractivity contribution is 5.66. The fourth-order valence-corrected chi connectivity index (χ4v) is 3.46. The van der Waals surface area contributed by atoms with E-state index in [0.717, 1.165) is 5.92 Å². The summed E-state index contributed by atoms with van der Waals surface area (Å²) in [6, 6.07) is 0. The van der Waals surface area contributed by atoms with Gasteiger partial charge >= 0.3 is 5.97 Å². The first-order chi connectivity index (χ1) is 7.11. The van der Waals surface area contributed by atoms with Crippen LogP contribution in [0.25, 0.3) is 0 Å². The van der Waals surface area contributed by atoms with Gasteiger partial charge in [0.05, 0.1) is 0 Å². The number of esters is 1. The third-order valence-corrected chi connectivity index (χ3v) is 4.04. The molecule has 2 aliphatic rings. The van der Waals surface area contributed by atoms with Crippen LogP contribution in [-0.4, -0.2) is 12.1 Å². The van der Waals surface area contributed by atoms with Crippen LogP contribution in [0.5, 0.6) is 0 Å². The molecular formula is C13H20O2. The van der Waals surface area contributed by atoms with Crippen molar-refractivity contribution in [3.8, 4) is 0 Å². The van der Waals surface area contributed by atoms with Gasteiger partial charge in [0.2, 0.25) is 0 Å². The summed E-state index contributed by atoms with van der Waals surface area (Å²) < 4.78 is 5.31. The lowest BCUT2D eigenvalue weighted by atomic mass is 9.82. The Labute approximate surface area is 91.7 Å². The summed E-state index contributed by atoms with van der Waals surface area (Å²) in [7, 11) is 0. The number of hydrogen-bond acceptors (Lipinski definition) is 2. The Balaban J connectivity index is 2.03. The summed E-state index contributed by atoms with van der Waals surface area (Å²) in [5, 5.41) is 0. The quantitative estimate of drug-likeness (QED) is 0.515. The van der Waals surface area contributed by atoms with E-state index in [2.05, 4.69) is 13.0 Å². The Hall–Kier alpha value is -0.790. The van der Waals surface area contributed by atoms with Crippen molar-refractivity contribution in [3.05, 3.63) is 11.6 Å². The first-order valence-electron chi connectivity index (χ1n) is 5.94. The molecule has 2 aliphatic carbocycles. The van der Waals surface area contributed by atoms with E-state index < -0.39 is 0 Å². The maximum Gasteiger partial charge on any atom is 0.302 e. The van der Waals surface area contributed by atoms with Crippen LogP contribution in [0.15, 0.2) is 11.6 Å². The molecule has 2 bridgehead atoms. The van der Waals surface area contributed by atoms with Gasteiger partial charge in [-0.1, -0.05) is 11.6 Å². The second kappa shape index (κ2) is 3.99. The third-order valence-electron chi connectivity index (χ3n) is 4.04. The Morgan fingerprint density at radius 3 is 2.80 bits per heavy atom. The molecule has 2 heteroatoms. The second-order valence-corrected chi connectivity index (χ2v) is 4.99. The summed E-state index contributed by atoms with van der Waals surface area (Å²) in [5.41, 5.74) is 1.59. The first kappa shape index (κ1) is 10.7. The molecule has 0 heterocycles. The van der Waals surface area contributed by atoms with Crippen molar-refractivity contribution < 1.29 is 9.53 Å². The summed E-state index contributed by atoms with van der Waals surface area (Å²) in [6.45, 7) is 5.67. The normalized spacial score (nSPS) is 38.3. The van der Waals surface area contributed by atoms with Crippen molar-refractivity contribution in [3.63, 3.8) is 0 Å². The number of rotatable bonds is 2. The zero-order chi connectivity index (χ0) is 11.0. The van der Waals surface area contributed by atoms with Crippen LogP contribution in [0.3, 0.4) is 0 Å². The molecule has 2 rings (SSSR count). The van der Waals surface area contributed by atoms with Crippen LogP contribution in [0, 0.1) is 17.8 Å². The molecule has 0 aromatic heterocycles. The van der Waals surface area contributed by atoms with Crippen LogP contribution >= 0.6 is 0 Å². The van der Waals surface area contributed by atoms with E-state index in [1.54, 1.807) is 5.57 Å². The lowest BCUT2D eigenvalue weighted by molar-refractivity contribution is -0.148. The van der Waals surface area contributed by atoms with Crippen LogP contribution in [0.2, 0.25) is 0 Å². The fraction of sp³-hybridized carbons (Fsp3) is 0.769. The largest absolute Gasteiger partial charge is 0.463 e. The van der Waals surface area contributed by atoms with Gasteiger partial charge in [-0.3, -0.25) is 4.79 Å². The minimum absolute atomic E-state index is 0.0905. The maximum absolute atomic E-state index is 10.9. The smallest absolute Gasteiger partial charge is 0.302 e. The molecule has 0 N–H and O–H groups in total. The molecule has 4 unspecified atom stereocenters. The van der Waals surface area contributed by atoms with E-state index in [0.29, 0.717) is 11.8 Å². The minimum atomic E-state index is -0.146. The Morgan fingerprint density at radius 1 is 1.53 bits per heavy atom. The molecule has 0 aromatic carbocycles. The number of hydrogen-bond donors (Lipinski definition) is 0. The van der Waals surface area contributed by atoms with E-state index in [4.69, 9.17) is 4.74 Å². The zero-order valence-electron chi connectivity index (χ0n) is 9.82. The topological polar surface area (TPSA) is 26.3 Å². The summed E-state index contributed by atoms with van der Waals surface area (Å²) in [6.07, 6.45) is 6.20. The Bertz CT molecular complexity index is 293. The first-order valence-corrected chi connectivity index (χ1v) is 5.94. The van der Waals surface area contributed by atoms with Gasteiger partial charge in [0.25, 0.3) is 0 Å². The summed E-state index contributed by atoms with van der Waals surface area (Å²) in [5.74, 6) is 1.96. The molecule has 0 aromatic rings. The van der Waals surface area contributed by atoms with Gasteiger partial charge in [-0.25, -0.2) is 0 Å². The van der Waals surface area contributed by atoms with E-state index in [-0.39, 0.29) is 12.1 Å². The molecule has 0 spiro atoms. The number of ether oxygens (including phenoxy) is 1. The van der Waals surface area contributed by atoms with Gasteiger partial charge in [0.1, 0.15) is 6.10 Å². The molecule has 0 saturated heterocycles. The predicted molar refractivity (Wildman–Crippen MR) is 59.3 cm³/mol. The fourth-order valence-electron chi connectivity index (χ4n) is 3.46. The van der Waals surface area contributed by atoms with Gasteiger partial charge in [-0.15, -0.1) is 0 Å². The van der Waals surface area contributed by atoms with Gasteiger partial charge in [-0.05, 0) is 44.9 Å². The van der Waals surface area contributed by atoms with Crippen molar-refractivity contribution >= 4 is 5.97 Å². The lowest BCUT2D eigenvalue weighted by Crippen LogP contribution is -2.28. The van der Waals surface area contributed by atoms with Crippen LogP contribution in [0.1, 0.15) is 40.0 Å². The highest BCUT2D eigenvalue weighted by Crippen LogP contribution is 2.52. The summed E-state index contributed by atoms with van der Waals surface area (Å²) >= 11 is 0. The van der Waals surface area contributed by atoms with Crippen LogP contribution in [-0.2, 0) is 9.53 Å². The SMILES string of the molecule is C/C=C1\CC2CC1C(C(C)OC(C)=O)C2. The standard InChI is InChI=1S/C13H20O2/c1-4-11-5-10-6-12(13(11)7-10)8(2)15-9(3)14/h4,8,10,12-13H,5-7H2,1-3H3/b11-4+. The predicted octanol–water partition coefficient (Wildman–Crippen LogP) is 2.93. The lowest BCUT2D eigenvalue weighted by Gasteiger charge is -2.29. The average Bonchev–Trinajstić information content (AvgIpc) is 2.74. The molecule has 0 amide bonds. The Morgan fingerprint density at radius 2 is 2.27 bits per heavy atom.